The Balaban J connectivity index is 3.17. The Kier molecular flexibility index (Phi) is 1.48. The molecule has 0 bridgehead atoms. The first-order chi connectivity index (χ1) is 4.20. The molecule has 1 heterocycles. The highest BCUT2D eigenvalue weighted by Crippen LogP contribution is 1.93. The van der Waals surface area contributed by atoms with Crippen molar-refractivity contribution in [3.8, 4) is 0 Å². The molecule has 1 aromatic heterocycles. The van der Waals surface area contributed by atoms with Crippen molar-refractivity contribution in [3.63, 3.8) is 0 Å². The van der Waals surface area contributed by atoms with Gasteiger partial charge in [-0.15, -0.1) is 4.85 Å². The number of halogens is 1. The van der Waals surface area contributed by atoms with E-state index in [1.165, 1.54) is 6.20 Å². The Labute approximate surface area is 56.7 Å². The van der Waals surface area contributed by atoms with Crippen LogP contribution in [-0.2, 0) is 0 Å². The van der Waals surface area contributed by atoms with Gasteiger partial charge in [0, 0.05) is 18.5 Å². The average Bonchev–Trinajstić information content (AvgIpc) is 1.80. The molecule has 0 aliphatic rings. The van der Waals surface area contributed by atoms with E-state index >= 15 is 0 Å². The second-order valence-electron chi connectivity index (χ2n) is 1.54. The molecular formula is C4H4ClN3O. The van der Waals surface area contributed by atoms with Gasteiger partial charge < -0.3 is 5.21 Å². The molecule has 0 saturated heterocycles. The van der Waals surface area contributed by atoms with Crippen molar-refractivity contribution in [2.75, 3.05) is 0 Å². The molecule has 0 fully saturated rings. The van der Waals surface area contributed by atoms with Crippen molar-refractivity contribution >= 4 is 11.6 Å². The van der Waals surface area contributed by atoms with Crippen LogP contribution >= 0.6 is 11.6 Å². The van der Waals surface area contributed by atoms with E-state index in [-0.39, 0.29) is 10.1 Å². The minimum atomic E-state index is -0.144. The molecule has 0 amide bonds. The first kappa shape index (κ1) is 6.22. The summed E-state index contributed by atoms with van der Waals surface area (Å²) in [5.41, 5.74) is 0.632. The van der Waals surface area contributed by atoms with Crippen LogP contribution in [-0.4, -0.2) is 10.1 Å². The number of nitrogens with zero attached hydrogens (tertiary/aromatic N) is 3. The quantitative estimate of drug-likeness (QED) is 0.384. The van der Waals surface area contributed by atoms with Crippen LogP contribution in [0, 0.1) is 12.1 Å². The third-order valence-corrected chi connectivity index (χ3v) is 1.01. The Bertz CT molecular complexity index is 227. The Hall–Kier alpha value is -0.900. The van der Waals surface area contributed by atoms with E-state index < -0.39 is 0 Å². The van der Waals surface area contributed by atoms with E-state index in [1.54, 1.807) is 6.92 Å². The lowest BCUT2D eigenvalue weighted by Crippen LogP contribution is -2.33. The lowest BCUT2D eigenvalue weighted by molar-refractivity contribution is -0.670. The lowest BCUT2D eigenvalue weighted by Gasteiger charge is -1.95. The fourth-order valence-electron chi connectivity index (χ4n) is 0.401. The molecule has 0 atom stereocenters. The third-order valence-electron chi connectivity index (χ3n) is 0.776. The number of hydrogen-bond donors (Lipinski definition) is 0. The van der Waals surface area contributed by atoms with E-state index in [1.807, 2.05) is 0 Å². The van der Waals surface area contributed by atoms with E-state index in [0.29, 0.717) is 5.69 Å². The van der Waals surface area contributed by atoms with Gasteiger partial charge in [0.1, 0.15) is 6.20 Å². The largest absolute Gasteiger partial charge is 0.690 e. The van der Waals surface area contributed by atoms with Gasteiger partial charge >= 0.3 is 5.28 Å². The van der Waals surface area contributed by atoms with Gasteiger partial charge in [0.2, 0.25) is 0 Å². The van der Waals surface area contributed by atoms with Crippen LogP contribution in [0.15, 0.2) is 6.20 Å². The minimum Gasteiger partial charge on any atom is -0.690 e. The highest BCUT2D eigenvalue weighted by atomic mass is 35.5. The molecule has 0 aliphatic carbocycles. The topological polar surface area (TPSA) is 52.7 Å². The number of aromatic nitrogens is 3. The van der Waals surface area contributed by atoms with Crippen LogP contribution in [0.3, 0.4) is 0 Å². The molecule has 0 aromatic carbocycles. The minimum absolute atomic E-state index is 0.144. The molecule has 0 saturated carbocycles. The van der Waals surface area contributed by atoms with Crippen LogP contribution in [0.25, 0.3) is 0 Å². The summed E-state index contributed by atoms with van der Waals surface area (Å²) >= 11 is 5.29. The molecule has 1 aromatic rings. The molecule has 0 aliphatic heterocycles. The summed E-state index contributed by atoms with van der Waals surface area (Å²) in [5.74, 6) is 0. The molecule has 0 radical (unpaired) electrons. The number of rotatable bonds is 0. The Morgan fingerprint density at radius 1 is 1.78 bits per heavy atom. The zero-order valence-electron chi connectivity index (χ0n) is 4.71. The molecule has 0 spiro atoms. The Morgan fingerprint density at radius 3 is 2.89 bits per heavy atom. The van der Waals surface area contributed by atoms with Crippen molar-refractivity contribution < 1.29 is 4.85 Å². The molecule has 4 nitrogen and oxygen atoms in total. The highest BCUT2D eigenvalue weighted by molar-refractivity contribution is 6.27. The van der Waals surface area contributed by atoms with Crippen molar-refractivity contribution in [2.45, 2.75) is 6.92 Å². The number of hydrogen-bond acceptors (Lipinski definition) is 3. The van der Waals surface area contributed by atoms with Gasteiger partial charge in [0.25, 0.3) is 0 Å². The lowest BCUT2D eigenvalue weighted by atomic mass is 10.6. The fraction of sp³-hybridized carbons (Fsp3) is 0.250. The summed E-state index contributed by atoms with van der Waals surface area (Å²) in [5, 5.41) is 13.6. The van der Waals surface area contributed by atoms with E-state index in [2.05, 4.69) is 10.1 Å². The first-order valence-electron chi connectivity index (χ1n) is 2.29. The van der Waals surface area contributed by atoms with Gasteiger partial charge in [-0.05, 0) is 4.98 Å². The van der Waals surface area contributed by atoms with Crippen molar-refractivity contribution in [1.82, 2.24) is 10.1 Å². The van der Waals surface area contributed by atoms with Crippen molar-refractivity contribution in [3.05, 3.63) is 22.4 Å². The molecule has 9 heavy (non-hydrogen) atoms. The van der Waals surface area contributed by atoms with Crippen LogP contribution < -0.4 is 4.85 Å². The summed E-state index contributed by atoms with van der Waals surface area (Å²) < 4.78 is 0. The van der Waals surface area contributed by atoms with E-state index in [9.17, 15) is 5.21 Å². The van der Waals surface area contributed by atoms with Crippen molar-refractivity contribution in [1.29, 1.82) is 0 Å². The maximum atomic E-state index is 10.4. The smallest absolute Gasteiger partial charge is 0.420 e. The molecule has 48 valence electrons. The van der Waals surface area contributed by atoms with E-state index in [0.717, 1.165) is 0 Å². The second kappa shape index (κ2) is 2.14. The van der Waals surface area contributed by atoms with Gasteiger partial charge in [-0.1, -0.05) is 5.10 Å². The highest BCUT2D eigenvalue weighted by Gasteiger charge is 2.03. The van der Waals surface area contributed by atoms with E-state index in [4.69, 9.17) is 11.6 Å². The molecule has 5 heteroatoms. The summed E-state index contributed by atoms with van der Waals surface area (Å²) in [6.07, 6.45) is 1.35. The molecule has 1 rings (SSSR count). The molecular weight excluding hydrogens is 142 g/mol. The van der Waals surface area contributed by atoms with Gasteiger partial charge in [-0.2, -0.15) is 0 Å². The summed E-state index contributed by atoms with van der Waals surface area (Å²) in [7, 11) is 0. The van der Waals surface area contributed by atoms with Crippen LogP contribution in [0.2, 0.25) is 5.28 Å². The van der Waals surface area contributed by atoms with Gasteiger partial charge in [0.15, 0.2) is 5.69 Å². The molecule has 0 unspecified atom stereocenters. The zero-order valence-corrected chi connectivity index (χ0v) is 5.46. The van der Waals surface area contributed by atoms with Gasteiger partial charge in [-0.25, -0.2) is 0 Å². The molecule has 0 N–H and O–H groups in total. The van der Waals surface area contributed by atoms with Gasteiger partial charge in [0.05, 0.1) is 0 Å². The zero-order chi connectivity index (χ0) is 6.85. The normalized spacial score (nSPS) is 9.56. The van der Waals surface area contributed by atoms with Crippen LogP contribution in [0.5, 0.6) is 0 Å². The maximum absolute atomic E-state index is 10.4. The Morgan fingerprint density at radius 2 is 2.44 bits per heavy atom. The second-order valence-corrected chi connectivity index (χ2v) is 1.88. The first-order valence-corrected chi connectivity index (χ1v) is 2.67. The standard InChI is InChI=1S/C4H4ClN3O/c1-3-2-6-8(9)4(5)7-3/h2H,1H3. The predicted molar refractivity (Wildman–Crippen MR) is 30.7 cm³/mol. The number of aryl methyl sites for hydroxylation is 1. The monoisotopic (exact) mass is 145 g/mol. The average molecular weight is 146 g/mol. The fourth-order valence-corrected chi connectivity index (χ4v) is 0.578. The SMILES string of the molecule is Cc1cn[n+]([O-])c(Cl)n1. The van der Waals surface area contributed by atoms with Crippen LogP contribution in [0.1, 0.15) is 5.69 Å². The maximum Gasteiger partial charge on any atom is 0.420 e. The van der Waals surface area contributed by atoms with Gasteiger partial charge in [-0.3, -0.25) is 0 Å². The van der Waals surface area contributed by atoms with Crippen LogP contribution in [0.4, 0.5) is 0 Å². The summed E-state index contributed by atoms with van der Waals surface area (Å²) in [6, 6.07) is 0. The summed E-state index contributed by atoms with van der Waals surface area (Å²) in [4.78, 5) is 3.89. The third kappa shape index (κ3) is 1.26. The predicted octanol–water partition coefficient (Wildman–Crippen LogP) is 0.0718. The summed E-state index contributed by atoms with van der Waals surface area (Å²) in [6.45, 7) is 1.71. The van der Waals surface area contributed by atoms with Crippen molar-refractivity contribution in [2.24, 2.45) is 0 Å².